The van der Waals surface area contributed by atoms with Crippen LogP contribution in [-0.4, -0.2) is 22.4 Å². The predicted octanol–water partition coefficient (Wildman–Crippen LogP) is 3.97. The average Bonchev–Trinajstić information content (AvgIpc) is 2.93. The number of methoxy groups -OCH3 is 1. The van der Waals surface area contributed by atoms with Gasteiger partial charge < -0.3 is 9.30 Å². The molecule has 1 aromatic heterocycles. The van der Waals surface area contributed by atoms with Gasteiger partial charge in [0.2, 0.25) is 0 Å². The van der Waals surface area contributed by atoms with Gasteiger partial charge in [-0.25, -0.2) is 4.98 Å². The van der Waals surface area contributed by atoms with E-state index in [0.29, 0.717) is 5.69 Å². The predicted molar refractivity (Wildman–Crippen MR) is 90.6 cm³/mol. The van der Waals surface area contributed by atoms with Crippen LogP contribution in [0.5, 0.6) is 5.75 Å². The fourth-order valence-electron chi connectivity index (χ4n) is 2.67. The molecule has 0 radical (unpaired) electrons. The first kappa shape index (κ1) is 15.0. The van der Waals surface area contributed by atoms with Gasteiger partial charge in [-0.2, -0.15) is 0 Å². The molecule has 0 aliphatic heterocycles. The molecule has 0 saturated heterocycles. The Balaban J connectivity index is 2.19. The van der Waals surface area contributed by atoms with Crippen molar-refractivity contribution in [3.05, 3.63) is 60.3 Å². The molecule has 0 saturated carbocycles. The number of benzene rings is 2. The second-order valence-electron chi connectivity index (χ2n) is 5.34. The highest BCUT2D eigenvalue weighted by atomic mass is 16.5. The van der Waals surface area contributed by atoms with E-state index in [0.717, 1.165) is 28.4 Å². The smallest absolute Gasteiger partial charge is 0.180 e. The number of ether oxygens (including phenoxy) is 1. The summed E-state index contributed by atoms with van der Waals surface area (Å²) in [4.78, 5) is 16.6. The van der Waals surface area contributed by atoms with E-state index in [1.165, 1.54) is 0 Å². The first-order chi connectivity index (χ1) is 11.1. The molecule has 0 bridgehead atoms. The van der Waals surface area contributed by atoms with Gasteiger partial charge in [-0.05, 0) is 24.3 Å². The minimum Gasteiger partial charge on any atom is -0.497 e. The summed E-state index contributed by atoms with van der Waals surface area (Å²) in [6.07, 6.45) is 0. The lowest BCUT2D eigenvalue weighted by Gasteiger charge is -2.08. The lowest BCUT2D eigenvalue weighted by atomic mass is 10.1. The zero-order valence-corrected chi connectivity index (χ0v) is 13.4. The number of carbonyl (C=O) groups excluding carboxylic acids is 1. The third-order valence-electron chi connectivity index (χ3n) is 3.82. The van der Waals surface area contributed by atoms with Gasteiger partial charge >= 0.3 is 0 Å². The van der Waals surface area contributed by atoms with E-state index in [-0.39, 0.29) is 5.78 Å². The summed E-state index contributed by atoms with van der Waals surface area (Å²) in [7, 11) is 3.56. The van der Waals surface area contributed by atoms with Crippen molar-refractivity contribution in [2.45, 2.75) is 6.92 Å². The SMILES string of the molecule is COc1ccc(-c2c(C(C)=O)nc(-c3ccccc3)n2C)cc1. The van der Waals surface area contributed by atoms with Crippen molar-refractivity contribution < 1.29 is 9.53 Å². The lowest BCUT2D eigenvalue weighted by molar-refractivity contribution is 0.101. The quantitative estimate of drug-likeness (QED) is 0.685. The van der Waals surface area contributed by atoms with Crippen molar-refractivity contribution >= 4 is 5.78 Å². The highest BCUT2D eigenvalue weighted by Gasteiger charge is 2.20. The molecule has 0 amide bonds. The molecule has 0 fully saturated rings. The van der Waals surface area contributed by atoms with Gasteiger partial charge in [0.15, 0.2) is 5.78 Å². The first-order valence-electron chi connectivity index (χ1n) is 7.39. The maximum atomic E-state index is 12.1. The van der Waals surface area contributed by atoms with Crippen LogP contribution in [0.2, 0.25) is 0 Å². The minimum atomic E-state index is -0.0476. The Morgan fingerprint density at radius 1 is 1.00 bits per heavy atom. The van der Waals surface area contributed by atoms with Crippen molar-refractivity contribution in [3.63, 3.8) is 0 Å². The Hall–Kier alpha value is -2.88. The monoisotopic (exact) mass is 306 g/mol. The van der Waals surface area contributed by atoms with E-state index in [1.807, 2.05) is 66.2 Å². The van der Waals surface area contributed by atoms with E-state index < -0.39 is 0 Å². The molecular weight excluding hydrogens is 288 g/mol. The van der Waals surface area contributed by atoms with Crippen molar-refractivity contribution in [3.8, 4) is 28.4 Å². The van der Waals surface area contributed by atoms with Crippen LogP contribution >= 0.6 is 0 Å². The highest BCUT2D eigenvalue weighted by molar-refractivity contribution is 5.99. The van der Waals surface area contributed by atoms with Gasteiger partial charge in [0.25, 0.3) is 0 Å². The molecule has 23 heavy (non-hydrogen) atoms. The number of nitrogens with zero attached hydrogens (tertiary/aromatic N) is 2. The van der Waals surface area contributed by atoms with Crippen LogP contribution in [-0.2, 0) is 7.05 Å². The van der Waals surface area contributed by atoms with Crippen LogP contribution in [0.1, 0.15) is 17.4 Å². The van der Waals surface area contributed by atoms with Crippen LogP contribution in [0, 0.1) is 0 Å². The summed E-state index contributed by atoms with van der Waals surface area (Å²) < 4.78 is 7.16. The maximum absolute atomic E-state index is 12.1. The van der Waals surface area contributed by atoms with Crippen LogP contribution in [0.15, 0.2) is 54.6 Å². The van der Waals surface area contributed by atoms with Crippen LogP contribution in [0.25, 0.3) is 22.6 Å². The van der Waals surface area contributed by atoms with E-state index >= 15 is 0 Å². The second kappa shape index (κ2) is 6.08. The van der Waals surface area contributed by atoms with Gasteiger partial charge in [0.1, 0.15) is 17.3 Å². The molecule has 0 unspecified atom stereocenters. The molecule has 0 spiro atoms. The number of hydrogen-bond donors (Lipinski definition) is 0. The number of hydrogen-bond acceptors (Lipinski definition) is 3. The summed E-state index contributed by atoms with van der Waals surface area (Å²) in [5.74, 6) is 1.51. The Kier molecular flexibility index (Phi) is 3.98. The second-order valence-corrected chi connectivity index (χ2v) is 5.34. The fraction of sp³-hybridized carbons (Fsp3) is 0.158. The summed E-state index contributed by atoms with van der Waals surface area (Å²) in [5, 5.41) is 0. The molecule has 4 heteroatoms. The van der Waals surface area contributed by atoms with Gasteiger partial charge in [0.05, 0.1) is 12.8 Å². The Morgan fingerprint density at radius 3 is 2.22 bits per heavy atom. The van der Waals surface area contributed by atoms with Gasteiger partial charge in [-0.1, -0.05) is 30.3 Å². The molecule has 0 N–H and O–H groups in total. The van der Waals surface area contributed by atoms with Crippen molar-refractivity contribution in [1.29, 1.82) is 0 Å². The van der Waals surface area contributed by atoms with Crippen molar-refractivity contribution in [1.82, 2.24) is 9.55 Å². The molecule has 3 rings (SSSR count). The molecule has 2 aromatic carbocycles. The highest BCUT2D eigenvalue weighted by Crippen LogP contribution is 2.30. The molecule has 0 atom stereocenters. The Labute approximate surface area is 135 Å². The summed E-state index contributed by atoms with van der Waals surface area (Å²) in [6.45, 7) is 1.55. The van der Waals surface area contributed by atoms with Crippen LogP contribution < -0.4 is 4.74 Å². The lowest BCUT2D eigenvalue weighted by Crippen LogP contribution is -1.99. The molecule has 0 aliphatic rings. The Bertz CT molecular complexity index is 834. The van der Waals surface area contributed by atoms with Gasteiger partial charge in [-0.15, -0.1) is 0 Å². The molecule has 116 valence electrons. The molecular formula is C19H18N2O2. The fourth-order valence-corrected chi connectivity index (χ4v) is 2.67. The summed E-state index contributed by atoms with van der Waals surface area (Å²) in [6, 6.07) is 17.5. The average molecular weight is 306 g/mol. The van der Waals surface area contributed by atoms with E-state index in [9.17, 15) is 4.79 Å². The number of ketones is 1. The number of carbonyl (C=O) groups is 1. The number of rotatable bonds is 4. The number of imidazole rings is 1. The third-order valence-corrected chi connectivity index (χ3v) is 3.82. The standard InChI is InChI=1S/C19H18N2O2/c1-13(22)17-18(14-9-11-16(23-3)12-10-14)21(2)19(20-17)15-7-5-4-6-8-15/h4-12H,1-3H3. The van der Waals surface area contributed by atoms with Gasteiger partial charge in [0, 0.05) is 25.1 Å². The first-order valence-corrected chi connectivity index (χ1v) is 7.39. The van der Waals surface area contributed by atoms with Gasteiger partial charge in [-0.3, -0.25) is 4.79 Å². The molecule has 3 aromatic rings. The zero-order chi connectivity index (χ0) is 16.4. The normalized spacial score (nSPS) is 10.6. The topological polar surface area (TPSA) is 44.1 Å². The summed E-state index contributed by atoms with van der Waals surface area (Å²) >= 11 is 0. The number of aromatic nitrogens is 2. The molecule has 1 heterocycles. The maximum Gasteiger partial charge on any atom is 0.180 e. The van der Waals surface area contributed by atoms with Crippen LogP contribution in [0.3, 0.4) is 0 Å². The molecule has 4 nitrogen and oxygen atoms in total. The largest absolute Gasteiger partial charge is 0.497 e. The Morgan fingerprint density at radius 2 is 1.65 bits per heavy atom. The minimum absolute atomic E-state index is 0.0476. The van der Waals surface area contributed by atoms with Crippen molar-refractivity contribution in [2.75, 3.05) is 7.11 Å². The molecule has 0 aliphatic carbocycles. The van der Waals surface area contributed by atoms with E-state index in [2.05, 4.69) is 4.98 Å². The van der Waals surface area contributed by atoms with E-state index in [1.54, 1.807) is 14.0 Å². The van der Waals surface area contributed by atoms with Crippen LogP contribution in [0.4, 0.5) is 0 Å². The number of Topliss-reactive ketones (excluding diaryl/α,β-unsaturated/α-hetero) is 1. The third kappa shape index (κ3) is 2.75. The van der Waals surface area contributed by atoms with Crippen molar-refractivity contribution in [2.24, 2.45) is 7.05 Å². The zero-order valence-electron chi connectivity index (χ0n) is 13.4. The summed E-state index contributed by atoms with van der Waals surface area (Å²) in [5.41, 5.74) is 3.22. The van der Waals surface area contributed by atoms with E-state index in [4.69, 9.17) is 4.74 Å².